The number of amides is 2. The van der Waals surface area contributed by atoms with Gasteiger partial charge >= 0.3 is 0 Å². The second-order valence-corrected chi connectivity index (χ2v) is 8.81. The van der Waals surface area contributed by atoms with Crippen molar-refractivity contribution in [2.45, 2.75) is 0 Å². The highest BCUT2D eigenvalue weighted by Gasteiger charge is 2.33. The number of anilines is 2. The van der Waals surface area contributed by atoms with Crippen LogP contribution in [0.4, 0.5) is 15.8 Å². The van der Waals surface area contributed by atoms with Crippen LogP contribution in [0.5, 0.6) is 5.75 Å². The van der Waals surface area contributed by atoms with Crippen LogP contribution >= 0.6 is 11.6 Å². The van der Waals surface area contributed by atoms with Crippen LogP contribution in [0, 0.1) is 5.82 Å². The van der Waals surface area contributed by atoms with Gasteiger partial charge in [-0.25, -0.2) is 4.39 Å². The summed E-state index contributed by atoms with van der Waals surface area (Å²) in [4.78, 5) is 31.9. The maximum atomic E-state index is 13.3. The zero-order valence-corrected chi connectivity index (χ0v) is 19.6. The molecule has 2 aliphatic heterocycles. The summed E-state index contributed by atoms with van der Waals surface area (Å²) >= 11 is 6.12. The Labute approximate surface area is 207 Å². The third-order valence-electron chi connectivity index (χ3n) is 6.10. The van der Waals surface area contributed by atoms with Gasteiger partial charge in [-0.2, -0.15) is 0 Å². The monoisotopic (exact) mass is 491 g/mol. The fourth-order valence-electron chi connectivity index (χ4n) is 4.25. The number of fused-ring (bicyclic) bond motifs is 1. The molecule has 178 valence electrons. The van der Waals surface area contributed by atoms with Crippen molar-refractivity contribution in [3.8, 4) is 5.75 Å². The van der Waals surface area contributed by atoms with Crippen molar-refractivity contribution in [3.05, 3.63) is 95.0 Å². The highest BCUT2D eigenvalue weighted by molar-refractivity contribution is 6.30. The zero-order valence-electron chi connectivity index (χ0n) is 18.9. The Kier molecular flexibility index (Phi) is 6.42. The van der Waals surface area contributed by atoms with E-state index in [9.17, 15) is 14.0 Å². The molecule has 35 heavy (non-hydrogen) atoms. The number of ether oxygens (including phenoxy) is 1. The van der Waals surface area contributed by atoms with E-state index in [1.54, 1.807) is 47.4 Å². The van der Waals surface area contributed by atoms with E-state index in [1.807, 2.05) is 24.3 Å². The third kappa shape index (κ3) is 5.00. The highest BCUT2D eigenvalue weighted by atomic mass is 35.5. The molecule has 5 rings (SSSR count). The molecule has 0 atom stereocenters. The maximum absolute atomic E-state index is 13.3. The third-order valence-corrected chi connectivity index (χ3v) is 6.33. The van der Waals surface area contributed by atoms with Crippen LogP contribution in [0.2, 0.25) is 5.02 Å². The van der Waals surface area contributed by atoms with E-state index in [2.05, 4.69) is 4.90 Å². The fourth-order valence-corrected chi connectivity index (χ4v) is 4.44. The molecule has 0 aromatic heterocycles. The van der Waals surface area contributed by atoms with Gasteiger partial charge < -0.3 is 14.5 Å². The molecular weight excluding hydrogens is 469 g/mol. The Morgan fingerprint density at radius 1 is 0.971 bits per heavy atom. The lowest BCUT2D eigenvalue weighted by Crippen LogP contribution is -2.52. The molecule has 0 radical (unpaired) electrons. The zero-order chi connectivity index (χ0) is 24.4. The summed E-state index contributed by atoms with van der Waals surface area (Å²) in [7, 11) is 0. The van der Waals surface area contributed by atoms with Crippen LogP contribution in [-0.4, -0.2) is 49.4 Å². The second-order valence-electron chi connectivity index (χ2n) is 8.37. The lowest BCUT2D eigenvalue weighted by atomic mass is 10.1. The quantitative estimate of drug-likeness (QED) is 0.501. The minimum Gasteiger partial charge on any atom is -0.449 e. The second kappa shape index (κ2) is 9.80. The van der Waals surface area contributed by atoms with Crippen molar-refractivity contribution in [1.82, 2.24) is 4.90 Å². The Morgan fingerprint density at radius 2 is 1.71 bits per heavy atom. The average molecular weight is 492 g/mol. The van der Waals surface area contributed by atoms with Gasteiger partial charge in [0.1, 0.15) is 12.4 Å². The average Bonchev–Trinajstić information content (AvgIpc) is 2.88. The number of carbonyl (C=O) groups is 2. The first-order chi connectivity index (χ1) is 17.0. The molecule has 1 fully saturated rings. The summed E-state index contributed by atoms with van der Waals surface area (Å²) in [6.45, 7) is 2.34. The van der Waals surface area contributed by atoms with Crippen molar-refractivity contribution >= 4 is 40.9 Å². The largest absolute Gasteiger partial charge is 0.449 e. The number of hydrogen-bond donors (Lipinski definition) is 0. The summed E-state index contributed by atoms with van der Waals surface area (Å²) in [5.74, 6) is -0.357. The van der Waals surface area contributed by atoms with Crippen LogP contribution in [0.15, 0.2) is 78.6 Å². The van der Waals surface area contributed by atoms with Gasteiger partial charge in [-0.05, 0) is 54.1 Å². The van der Waals surface area contributed by atoms with E-state index in [0.717, 1.165) is 5.69 Å². The molecule has 6 nitrogen and oxygen atoms in total. The highest BCUT2D eigenvalue weighted by Crippen LogP contribution is 2.35. The predicted octanol–water partition coefficient (Wildman–Crippen LogP) is 4.59. The van der Waals surface area contributed by atoms with Gasteiger partial charge in [0.15, 0.2) is 11.5 Å². The van der Waals surface area contributed by atoms with Gasteiger partial charge in [0.2, 0.25) is 5.91 Å². The number of nitrogens with zero attached hydrogens (tertiary/aromatic N) is 3. The van der Waals surface area contributed by atoms with Crippen molar-refractivity contribution < 1.29 is 18.7 Å². The van der Waals surface area contributed by atoms with Crippen LogP contribution in [0.3, 0.4) is 0 Å². The predicted molar refractivity (Wildman–Crippen MR) is 134 cm³/mol. The van der Waals surface area contributed by atoms with Crippen LogP contribution in [0.1, 0.15) is 5.56 Å². The van der Waals surface area contributed by atoms with Crippen molar-refractivity contribution in [2.75, 3.05) is 42.5 Å². The lowest BCUT2D eigenvalue weighted by molar-refractivity contribution is -0.131. The number of rotatable bonds is 4. The first kappa shape index (κ1) is 22.9. The number of benzene rings is 3. The summed E-state index contributed by atoms with van der Waals surface area (Å²) in [6, 6.07) is 20.5. The van der Waals surface area contributed by atoms with Gasteiger partial charge in [-0.1, -0.05) is 41.9 Å². The minimum absolute atomic E-state index is 0.0777. The molecule has 3 aromatic rings. The summed E-state index contributed by atoms with van der Waals surface area (Å²) in [5, 5.41) is 0.676. The molecule has 0 bridgehead atoms. The number of hydrogen-bond acceptors (Lipinski definition) is 4. The van der Waals surface area contributed by atoms with E-state index in [4.69, 9.17) is 16.3 Å². The molecule has 0 spiro atoms. The van der Waals surface area contributed by atoms with E-state index >= 15 is 0 Å². The van der Waals surface area contributed by atoms with Crippen LogP contribution in [-0.2, 0) is 9.59 Å². The number of halogens is 2. The molecule has 0 N–H and O–H groups in total. The normalized spacial score (nSPS) is 16.8. The van der Waals surface area contributed by atoms with Gasteiger partial charge in [0.25, 0.3) is 5.91 Å². The first-order valence-electron chi connectivity index (χ1n) is 11.3. The summed E-state index contributed by atoms with van der Waals surface area (Å²) < 4.78 is 19.1. The standard InChI is InChI=1S/C27H23ClFN3O3/c28-20-4-3-5-22(17-20)30-12-14-31(15-13-30)26(33)18-32-23-6-1-2-7-24(23)35-25(27(32)34)16-19-8-10-21(29)11-9-19/h1-11,16-17H,12-15,18H2. The van der Waals surface area contributed by atoms with Gasteiger partial charge in [-0.15, -0.1) is 0 Å². The SMILES string of the molecule is O=C(CN1C(=O)C(=Cc2ccc(F)cc2)Oc2ccccc21)N1CCN(c2cccc(Cl)c2)CC1. The lowest BCUT2D eigenvalue weighted by Gasteiger charge is -2.37. The van der Waals surface area contributed by atoms with Gasteiger partial charge in [-0.3, -0.25) is 14.5 Å². The van der Waals surface area contributed by atoms with Gasteiger partial charge in [0.05, 0.1) is 5.69 Å². The molecule has 3 aromatic carbocycles. The smallest absolute Gasteiger partial charge is 0.294 e. The fraction of sp³-hybridized carbons (Fsp3) is 0.185. The number of para-hydroxylation sites is 2. The Morgan fingerprint density at radius 3 is 2.46 bits per heavy atom. The minimum atomic E-state index is -0.418. The molecule has 2 heterocycles. The molecule has 0 aliphatic carbocycles. The van der Waals surface area contributed by atoms with Gasteiger partial charge in [0, 0.05) is 36.9 Å². The maximum Gasteiger partial charge on any atom is 0.294 e. The van der Waals surface area contributed by atoms with Crippen molar-refractivity contribution in [2.24, 2.45) is 0 Å². The van der Waals surface area contributed by atoms with Crippen molar-refractivity contribution in [3.63, 3.8) is 0 Å². The number of carbonyl (C=O) groups excluding carboxylic acids is 2. The molecule has 1 saturated heterocycles. The van der Waals surface area contributed by atoms with E-state index in [1.165, 1.54) is 17.0 Å². The topological polar surface area (TPSA) is 53.1 Å². The molecular formula is C27H23ClFN3O3. The first-order valence-corrected chi connectivity index (χ1v) is 11.7. The molecule has 2 aliphatic rings. The van der Waals surface area contributed by atoms with Crippen molar-refractivity contribution in [1.29, 1.82) is 0 Å². The summed E-state index contributed by atoms with van der Waals surface area (Å²) in [5.41, 5.74) is 2.19. The summed E-state index contributed by atoms with van der Waals surface area (Å²) in [6.07, 6.45) is 1.55. The molecule has 8 heteroatoms. The molecule has 0 unspecified atom stereocenters. The van der Waals surface area contributed by atoms with Crippen LogP contribution in [0.25, 0.3) is 6.08 Å². The van der Waals surface area contributed by atoms with E-state index < -0.39 is 5.91 Å². The number of piperazine rings is 1. The Balaban J connectivity index is 1.31. The Bertz CT molecular complexity index is 1290. The molecule has 2 amide bonds. The van der Waals surface area contributed by atoms with Crippen LogP contribution < -0.4 is 14.5 Å². The van der Waals surface area contributed by atoms with E-state index in [-0.39, 0.29) is 24.0 Å². The molecule has 0 saturated carbocycles. The van der Waals surface area contributed by atoms with E-state index in [0.29, 0.717) is 48.2 Å². The Hall–Kier alpha value is -3.84.